The summed E-state index contributed by atoms with van der Waals surface area (Å²) < 4.78 is 5.95. The van der Waals surface area contributed by atoms with Gasteiger partial charge in [0.1, 0.15) is 0 Å². The Kier molecular flexibility index (Phi) is 5.38. The molecule has 2 heteroatoms. The summed E-state index contributed by atoms with van der Waals surface area (Å²) in [6.07, 6.45) is 0. The highest BCUT2D eigenvalue weighted by molar-refractivity contribution is 6.67. The Morgan fingerprint density at radius 3 is 2.27 bits per heavy atom. The van der Waals surface area contributed by atoms with Crippen molar-refractivity contribution in [3.05, 3.63) is 66.2 Å². The van der Waals surface area contributed by atoms with Crippen molar-refractivity contribution >= 4 is 25.5 Å². The molecule has 0 amide bonds. The van der Waals surface area contributed by atoms with E-state index in [0.717, 1.165) is 5.57 Å². The van der Waals surface area contributed by atoms with E-state index in [1.807, 2.05) is 6.92 Å². The molecule has 0 aromatic heterocycles. The monoisotopic (exact) mass is 310 g/mol. The molecule has 0 N–H and O–H groups in total. The molecule has 0 heterocycles. The van der Waals surface area contributed by atoms with Gasteiger partial charge in [-0.3, -0.25) is 0 Å². The normalized spacial score (nSPS) is 12.0. The number of allylic oxidation sites excluding steroid dienone is 1. The highest BCUT2D eigenvalue weighted by Gasteiger charge is 2.12. The lowest BCUT2D eigenvalue weighted by Gasteiger charge is -2.20. The van der Waals surface area contributed by atoms with Crippen LogP contribution in [0.25, 0.3) is 5.57 Å². The lowest BCUT2D eigenvalue weighted by molar-refractivity contribution is -0.0146. The molecule has 2 rings (SSSR count). The SMILES string of the molecule is C=C(C)c1ccc([SiH2]c2ccccc2COC(C)(C)C)cc1. The Morgan fingerprint density at radius 1 is 1.05 bits per heavy atom. The van der Waals surface area contributed by atoms with Gasteiger partial charge in [-0.2, -0.15) is 0 Å². The first-order valence-corrected chi connectivity index (χ1v) is 9.22. The van der Waals surface area contributed by atoms with Crippen LogP contribution in [0.3, 0.4) is 0 Å². The third-order valence-corrected chi connectivity index (χ3v) is 5.57. The highest BCUT2D eigenvalue weighted by Crippen LogP contribution is 2.11. The zero-order valence-electron chi connectivity index (χ0n) is 14.1. The van der Waals surface area contributed by atoms with Crippen LogP contribution in [0.2, 0.25) is 0 Å². The van der Waals surface area contributed by atoms with E-state index in [9.17, 15) is 0 Å². The number of rotatable bonds is 5. The van der Waals surface area contributed by atoms with Gasteiger partial charge >= 0.3 is 0 Å². The molecule has 0 bridgehead atoms. The van der Waals surface area contributed by atoms with Crippen molar-refractivity contribution in [2.45, 2.75) is 39.9 Å². The molecule has 0 atom stereocenters. The zero-order valence-corrected chi connectivity index (χ0v) is 15.6. The first-order valence-electron chi connectivity index (χ1n) is 7.81. The van der Waals surface area contributed by atoms with Crippen molar-refractivity contribution in [2.24, 2.45) is 0 Å². The Bertz CT molecular complexity index is 636. The van der Waals surface area contributed by atoms with Crippen molar-refractivity contribution < 1.29 is 4.74 Å². The van der Waals surface area contributed by atoms with Crippen molar-refractivity contribution in [1.82, 2.24) is 0 Å². The average Bonchev–Trinajstić information content (AvgIpc) is 2.46. The van der Waals surface area contributed by atoms with E-state index in [1.54, 1.807) is 0 Å². The van der Waals surface area contributed by atoms with Gasteiger partial charge < -0.3 is 4.74 Å². The Morgan fingerprint density at radius 2 is 1.68 bits per heavy atom. The molecule has 0 spiro atoms. The van der Waals surface area contributed by atoms with Gasteiger partial charge in [0.2, 0.25) is 0 Å². The second-order valence-corrected chi connectivity index (χ2v) is 8.76. The van der Waals surface area contributed by atoms with Gasteiger partial charge in [0, 0.05) is 0 Å². The summed E-state index contributed by atoms with van der Waals surface area (Å²) in [6.45, 7) is 13.0. The molecule has 2 aromatic carbocycles. The summed E-state index contributed by atoms with van der Waals surface area (Å²) in [5.74, 6) is 0. The van der Waals surface area contributed by atoms with Gasteiger partial charge in [0.25, 0.3) is 0 Å². The van der Waals surface area contributed by atoms with Crippen LogP contribution >= 0.6 is 0 Å². The topological polar surface area (TPSA) is 9.23 Å². The van der Waals surface area contributed by atoms with E-state index in [-0.39, 0.29) is 5.60 Å². The van der Waals surface area contributed by atoms with Crippen LogP contribution in [-0.4, -0.2) is 15.1 Å². The Hall–Kier alpha value is -1.64. The van der Waals surface area contributed by atoms with Crippen LogP contribution < -0.4 is 10.4 Å². The van der Waals surface area contributed by atoms with Crippen LogP contribution in [0.5, 0.6) is 0 Å². The quantitative estimate of drug-likeness (QED) is 0.771. The van der Waals surface area contributed by atoms with Gasteiger partial charge in [-0.15, -0.1) is 0 Å². The fraction of sp³-hybridized carbons (Fsp3) is 0.300. The second kappa shape index (κ2) is 7.08. The van der Waals surface area contributed by atoms with Gasteiger partial charge in [0.05, 0.1) is 21.7 Å². The standard InChI is InChI=1S/C20H26OSi/c1-15(2)16-10-12-18(13-11-16)22-19-9-7-6-8-17(19)14-21-20(3,4)5/h6-13H,1,14,22H2,2-5H3. The molecule has 22 heavy (non-hydrogen) atoms. The summed E-state index contributed by atoms with van der Waals surface area (Å²) in [4.78, 5) is 0. The first kappa shape index (κ1) is 16.7. The maximum absolute atomic E-state index is 5.95. The first-order chi connectivity index (χ1) is 10.3. The summed E-state index contributed by atoms with van der Waals surface area (Å²) in [7, 11) is -0.477. The van der Waals surface area contributed by atoms with Gasteiger partial charge in [-0.05, 0) is 38.8 Å². The maximum atomic E-state index is 5.95. The van der Waals surface area contributed by atoms with Crippen LogP contribution in [0.4, 0.5) is 0 Å². The fourth-order valence-corrected chi connectivity index (χ4v) is 3.90. The van der Waals surface area contributed by atoms with E-state index in [4.69, 9.17) is 4.74 Å². The largest absolute Gasteiger partial charge is 0.371 e. The van der Waals surface area contributed by atoms with Crippen LogP contribution in [-0.2, 0) is 11.3 Å². The second-order valence-electron chi connectivity index (χ2n) is 6.82. The Labute approximate surface area is 136 Å². The summed E-state index contributed by atoms with van der Waals surface area (Å²) in [6, 6.07) is 17.5. The minimum Gasteiger partial charge on any atom is -0.371 e. The molecule has 1 nitrogen and oxygen atoms in total. The molecule has 0 saturated heterocycles. The molecule has 116 valence electrons. The molecular formula is C20H26OSi. The van der Waals surface area contributed by atoms with Crippen molar-refractivity contribution in [1.29, 1.82) is 0 Å². The predicted octanol–water partition coefficient (Wildman–Crippen LogP) is 3.15. The molecular weight excluding hydrogens is 284 g/mol. The predicted molar refractivity (Wildman–Crippen MR) is 99.9 cm³/mol. The molecule has 2 aromatic rings. The summed E-state index contributed by atoms with van der Waals surface area (Å²) in [5, 5.41) is 2.92. The van der Waals surface area contributed by atoms with Crippen LogP contribution in [0.1, 0.15) is 38.8 Å². The van der Waals surface area contributed by atoms with Crippen molar-refractivity contribution in [3.8, 4) is 0 Å². The van der Waals surface area contributed by atoms with E-state index < -0.39 is 9.52 Å². The molecule has 0 fully saturated rings. The highest BCUT2D eigenvalue weighted by atomic mass is 28.2. The number of benzene rings is 2. The molecule has 0 aliphatic rings. The number of ether oxygens (including phenoxy) is 1. The lowest BCUT2D eigenvalue weighted by atomic mass is 10.1. The Balaban J connectivity index is 2.13. The van der Waals surface area contributed by atoms with Crippen molar-refractivity contribution in [3.63, 3.8) is 0 Å². The molecule has 0 aliphatic heterocycles. The lowest BCUT2D eigenvalue weighted by Crippen LogP contribution is -2.31. The average molecular weight is 311 g/mol. The van der Waals surface area contributed by atoms with Crippen LogP contribution in [0.15, 0.2) is 55.1 Å². The summed E-state index contributed by atoms with van der Waals surface area (Å²) in [5.41, 5.74) is 3.57. The number of hydrogen-bond acceptors (Lipinski definition) is 1. The smallest absolute Gasteiger partial charge is 0.0879 e. The van der Waals surface area contributed by atoms with Crippen molar-refractivity contribution in [2.75, 3.05) is 0 Å². The summed E-state index contributed by atoms with van der Waals surface area (Å²) >= 11 is 0. The van der Waals surface area contributed by atoms with Crippen LogP contribution in [0, 0.1) is 0 Å². The minimum atomic E-state index is -0.477. The molecule has 0 radical (unpaired) electrons. The molecule has 0 aliphatic carbocycles. The minimum absolute atomic E-state index is 0.0994. The van der Waals surface area contributed by atoms with E-state index in [1.165, 1.54) is 21.5 Å². The fourth-order valence-electron chi connectivity index (χ4n) is 2.29. The van der Waals surface area contributed by atoms with E-state index in [0.29, 0.717) is 6.61 Å². The zero-order chi connectivity index (χ0) is 16.2. The van der Waals surface area contributed by atoms with E-state index >= 15 is 0 Å². The molecule has 0 saturated carbocycles. The van der Waals surface area contributed by atoms with Gasteiger partial charge in [-0.1, -0.05) is 71.1 Å². The van der Waals surface area contributed by atoms with Gasteiger partial charge in [-0.25, -0.2) is 0 Å². The third-order valence-electron chi connectivity index (χ3n) is 3.62. The number of hydrogen-bond donors (Lipinski definition) is 0. The van der Waals surface area contributed by atoms with E-state index in [2.05, 4.69) is 75.9 Å². The maximum Gasteiger partial charge on any atom is 0.0879 e. The molecule has 0 unspecified atom stereocenters. The third kappa shape index (κ3) is 4.97. The van der Waals surface area contributed by atoms with Gasteiger partial charge in [0.15, 0.2) is 0 Å².